The SMILES string of the molecule is CCCCCCCCCCOCC(CCNC(=O)CC(C)(C)OCCC(C)(C)OC)OCCCCCCCCCC. The van der Waals surface area contributed by atoms with Gasteiger partial charge in [0.05, 0.1) is 36.9 Å². The Bertz CT molecular complexity index is 581. The van der Waals surface area contributed by atoms with Crippen LogP contribution in [0.5, 0.6) is 0 Å². The van der Waals surface area contributed by atoms with Crippen LogP contribution in [0.15, 0.2) is 0 Å². The van der Waals surface area contributed by atoms with Crippen LogP contribution in [0.25, 0.3) is 0 Å². The average molecular weight is 586 g/mol. The molecule has 0 saturated carbocycles. The zero-order valence-electron chi connectivity index (χ0n) is 28.6. The van der Waals surface area contributed by atoms with E-state index in [4.69, 9.17) is 18.9 Å². The Kier molecular flexibility index (Phi) is 26.4. The summed E-state index contributed by atoms with van der Waals surface area (Å²) in [6, 6.07) is 0. The van der Waals surface area contributed by atoms with Gasteiger partial charge in [-0.1, -0.05) is 104 Å². The number of methoxy groups -OCH3 is 1. The third-order valence-electron chi connectivity index (χ3n) is 7.92. The molecule has 1 amide bonds. The first-order valence-corrected chi connectivity index (χ1v) is 17.3. The molecule has 0 bridgehead atoms. The minimum atomic E-state index is -0.514. The van der Waals surface area contributed by atoms with E-state index in [-0.39, 0.29) is 17.6 Å². The monoisotopic (exact) mass is 586 g/mol. The summed E-state index contributed by atoms with van der Waals surface area (Å²) in [5, 5.41) is 3.08. The van der Waals surface area contributed by atoms with E-state index in [9.17, 15) is 4.79 Å². The Morgan fingerprint density at radius 1 is 0.683 bits per heavy atom. The van der Waals surface area contributed by atoms with Crippen molar-refractivity contribution in [3.05, 3.63) is 0 Å². The quantitative estimate of drug-likeness (QED) is 0.0822. The Balaban J connectivity index is 4.33. The lowest BCUT2D eigenvalue weighted by molar-refractivity contribution is -0.128. The fraction of sp³-hybridized carbons (Fsp3) is 0.971. The van der Waals surface area contributed by atoms with Gasteiger partial charge < -0.3 is 24.3 Å². The predicted octanol–water partition coefficient (Wildman–Crippen LogP) is 9.18. The number of carbonyl (C=O) groups excluding carboxylic acids is 1. The standard InChI is InChI=1S/C35H71NO5/c1-8-10-12-14-16-18-20-22-27-39-31-32(40-28-23-21-19-17-15-13-11-9-2)24-26-36-33(37)30-35(5,6)41-29-25-34(3,4)38-7/h32H,8-31H2,1-7H3,(H,36,37). The molecule has 6 nitrogen and oxygen atoms in total. The molecule has 246 valence electrons. The van der Waals surface area contributed by atoms with E-state index < -0.39 is 5.60 Å². The largest absolute Gasteiger partial charge is 0.379 e. The molecule has 0 saturated heterocycles. The van der Waals surface area contributed by atoms with Crippen molar-refractivity contribution in [3.63, 3.8) is 0 Å². The van der Waals surface area contributed by atoms with E-state index in [1.165, 1.54) is 89.9 Å². The normalized spacial score (nSPS) is 13.0. The Hall–Kier alpha value is -0.690. The molecule has 0 fully saturated rings. The van der Waals surface area contributed by atoms with Crippen molar-refractivity contribution < 1.29 is 23.7 Å². The van der Waals surface area contributed by atoms with E-state index in [0.29, 0.717) is 26.2 Å². The van der Waals surface area contributed by atoms with Crippen LogP contribution in [0.1, 0.15) is 164 Å². The summed E-state index contributed by atoms with van der Waals surface area (Å²) in [4.78, 5) is 12.6. The van der Waals surface area contributed by atoms with Crippen molar-refractivity contribution in [2.75, 3.05) is 40.1 Å². The second kappa shape index (κ2) is 26.9. The molecule has 0 aromatic rings. The smallest absolute Gasteiger partial charge is 0.222 e. The Labute approximate surface area is 255 Å². The van der Waals surface area contributed by atoms with Crippen molar-refractivity contribution in [2.45, 2.75) is 181 Å². The van der Waals surface area contributed by atoms with Gasteiger partial charge in [0.2, 0.25) is 5.91 Å². The molecular formula is C35H71NO5. The summed E-state index contributed by atoms with van der Waals surface area (Å²) >= 11 is 0. The lowest BCUT2D eigenvalue weighted by Crippen LogP contribution is -2.37. The van der Waals surface area contributed by atoms with Crippen LogP contribution >= 0.6 is 0 Å². The molecule has 0 spiro atoms. The van der Waals surface area contributed by atoms with Crippen LogP contribution in [0, 0.1) is 0 Å². The van der Waals surface area contributed by atoms with Crippen molar-refractivity contribution in [1.82, 2.24) is 5.32 Å². The maximum atomic E-state index is 12.6. The number of rotatable bonds is 31. The molecule has 0 aromatic heterocycles. The zero-order chi connectivity index (χ0) is 30.7. The highest BCUT2D eigenvalue weighted by Crippen LogP contribution is 2.19. The van der Waals surface area contributed by atoms with Crippen LogP contribution in [0.2, 0.25) is 0 Å². The summed E-state index contributed by atoms with van der Waals surface area (Å²) in [6.45, 7) is 15.9. The van der Waals surface area contributed by atoms with Gasteiger partial charge in [0, 0.05) is 26.9 Å². The minimum absolute atomic E-state index is 0.0164. The summed E-state index contributed by atoms with van der Waals surface area (Å²) in [5.74, 6) is 0.0164. The molecule has 0 aliphatic heterocycles. The molecule has 0 aliphatic carbocycles. The molecule has 6 heteroatoms. The summed E-state index contributed by atoms with van der Waals surface area (Å²) in [5.41, 5.74) is -0.738. The lowest BCUT2D eigenvalue weighted by Gasteiger charge is -2.28. The molecule has 0 aliphatic rings. The molecule has 1 unspecified atom stereocenters. The van der Waals surface area contributed by atoms with E-state index in [1.807, 2.05) is 27.7 Å². The van der Waals surface area contributed by atoms with Gasteiger partial charge in [-0.25, -0.2) is 0 Å². The number of amides is 1. The molecule has 41 heavy (non-hydrogen) atoms. The van der Waals surface area contributed by atoms with Gasteiger partial charge in [-0.05, 0) is 53.4 Å². The topological polar surface area (TPSA) is 66.0 Å². The highest BCUT2D eigenvalue weighted by Gasteiger charge is 2.25. The second-order valence-electron chi connectivity index (χ2n) is 13.2. The molecule has 0 aromatic carbocycles. The van der Waals surface area contributed by atoms with Gasteiger partial charge in [0.15, 0.2) is 0 Å². The first-order chi connectivity index (χ1) is 19.7. The van der Waals surface area contributed by atoms with Gasteiger partial charge in [0.1, 0.15) is 0 Å². The second-order valence-corrected chi connectivity index (χ2v) is 13.2. The number of hydrogen-bond donors (Lipinski definition) is 1. The molecule has 0 radical (unpaired) electrons. The van der Waals surface area contributed by atoms with Gasteiger partial charge in [-0.3, -0.25) is 4.79 Å². The van der Waals surface area contributed by atoms with Gasteiger partial charge in [0.25, 0.3) is 0 Å². The number of unbranched alkanes of at least 4 members (excludes halogenated alkanes) is 14. The average Bonchev–Trinajstić information content (AvgIpc) is 2.92. The number of nitrogens with one attached hydrogen (secondary N) is 1. The summed E-state index contributed by atoms with van der Waals surface area (Å²) < 4.78 is 23.7. The van der Waals surface area contributed by atoms with Gasteiger partial charge in [-0.15, -0.1) is 0 Å². The summed E-state index contributed by atoms with van der Waals surface area (Å²) in [6.07, 6.45) is 22.7. The predicted molar refractivity (Wildman–Crippen MR) is 174 cm³/mol. The van der Waals surface area contributed by atoms with E-state index in [1.54, 1.807) is 7.11 Å². The lowest BCUT2D eigenvalue weighted by atomic mass is 10.0. The van der Waals surface area contributed by atoms with Crippen LogP contribution in [0.3, 0.4) is 0 Å². The van der Waals surface area contributed by atoms with Crippen molar-refractivity contribution in [3.8, 4) is 0 Å². The third-order valence-corrected chi connectivity index (χ3v) is 7.92. The first-order valence-electron chi connectivity index (χ1n) is 17.3. The van der Waals surface area contributed by atoms with Crippen molar-refractivity contribution in [1.29, 1.82) is 0 Å². The van der Waals surface area contributed by atoms with Crippen molar-refractivity contribution >= 4 is 5.91 Å². The van der Waals surface area contributed by atoms with Crippen LogP contribution < -0.4 is 5.32 Å². The third kappa shape index (κ3) is 27.9. The minimum Gasteiger partial charge on any atom is -0.379 e. The molecule has 1 N–H and O–H groups in total. The maximum Gasteiger partial charge on any atom is 0.222 e. The van der Waals surface area contributed by atoms with E-state index in [0.717, 1.165) is 38.9 Å². The zero-order valence-corrected chi connectivity index (χ0v) is 28.6. The fourth-order valence-electron chi connectivity index (χ4n) is 4.80. The Morgan fingerprint density at radius 2 is 1.20 bits per heavy atom. The van der Waals surface area contributed by atoms with E-state index >= 15 is 0 Å². The van der Waals surface area contributed by atoms with Gasteiger partial charge >= 0.3 is 0 Å². The van der Waals surface area contributed by atoms with Crippen LogP contribution in [-0.2, 0) is 23.7 Å². The van der Waals surface area contributed by atoms with Crippen LogP contribution in [-0.4, -0.2) is 63.3 Å². The van der Waals surface area contributed by atoms with Gasteiger partial charge in [-0.2, -0.15) is 0 Å². The van der Waals surface area contributed by atoms with E-state index in [2.05, 4.69) is 19.2 Å². The number of carbonyl (C=O) groups is 1. The highest BCUT2D eigenvalue weighted by molar-refractivity contribution is 5.76. The number of ether oxygens (including phenoxy) is 4. The Morgan fingerprint density at radius 3 is 1.73 bits per heavy atom. The number of hydrogen-bond acceptors (Lipinski definition) is 5. The molecule has 1 atom stereocenters. The molecule has 0 heterocycles. The first kappa shape index (κ1) is 40.3. The summed E-state index contributed by atoms with van der Waals surface area (Å²) in [7, 11) is 1.71. The van der Waals surface area contributed by atoms with Crippen molar-refractivity contribution in [2.24, 2.45) is 0 Å². The highest BCUT2D eigenvalue weighted by atomic mass is 16.5. The maximum absolute atomic E-state index is 12.6. The van der Waals surface area contributed by atoms with Crippen LogP contribution in [0.4, 0.5) is 0 Å². The molecule has 0 rings (SSSR count). The molecular weight excluding hydrogens is 514 g/mol. The fourth-order valence-corrected chi connectivity index (χ4v) is 4.80.